The summed E-state index contributed by atoms with van der Waals surface area (Å²) >= 11 is 0. The van der Waals surface area contributed by atoms with E-state index in [1.165, 1.54) is 130 Å². The number of benzene rings is 3. The van der Waals surface area contributed by atoms with Crippen molar-refractivity contribution in [3.05, 3.63) is 128 Å². The van der Waals surface area contributed by atoms with Crippen LogP contribution in [0, 0.1) is 33.6 Å². The van der Waals surface area contributed by atoms with Gasteiger partial charge in [-0.1, -0.05) is 113 Å². The monoisotopic (exact) mass is 864 g/mol. The summed E-state index contributed by atoms with van der Waals surface area (Å²) in [7, 11) is 15.2. The van der Waals surface area contributed by atoms with Gasteiger partial charge in [-0.3, -0.25) is 4.90 Å². The Balaban J connectivity index is 0.000000197. The van der Waals surface area contributed by atoms with Gasteiger partial charge in [0.05, 0.1) is 0 Å². The third-order valence-electron chi connectivity index (χ3n) is 13.0. The van der Waals surface area contributed by atoms with E-state index in [4.69, 9.17) is 0 Å². The van der Waals surface area contributed by atoms with Gasteiger partial charge < -0.3 is 29.4 Å². The zero-order chi connectivity index (χ0) is 46.3. The van der Waals surface area contributed by atoms with Gasteiger partial charge in [-0.25, -0.2) is 0 Å². The standard InChI is InChI=1S/C11H15N.C10H13N.C8H10.C7H15N.2C7H13N.C6H14N2/c1-9-3-4-11-8-12(2)6-5-10(11)7-9;1-8-3-4-9-6-11(2)7-10(9)5-8;5*1-7-3-5-8(2)6-4-7/h3-4,7H,5-6,8H2,1-2H3;3-5H,6-7H2,1-2H3;3-6H,1-2H3;7H,3-6H2,1-2H3;2*3H,4-6H2,1-2H3;3-6H2,1-2H3. The largest absolute Gasteiger partial charge is 0.306 e. The van der Waals surface area contributed by atoms with E-state index in [0.29, 0.717) is 0 Å². The zero-order valence-electron chi connectivity index (χ0n) is 43.1. The lowest BCUT2D eigenvalue weighted by molar-refractivity contribution is 0.181. The first-order valence-corrected chi connectivity index (χ1v) is 24.3. The van der Waals surface area contributed by atoms with Crippen molar-refractivity contribution < 1.29 is 0 Å². The quantitative estimate of drug-likeness (QED) is 0.208. The summed E-state index contributed by atoms with van der Waals surface area (Å²) in [6.07, 6.45) is 11.1. The lowest BCUT2D eigenvalue weighted by atomic mass is 9.98. The normalized spacial score (nSPS) is 20.0. The Morgan fingerprint density at radius 3 is 1.13 bits per heavy atom. The van der Waals surface area contributed by atoms with Crippen molar-refractivity contribution in [2.45, 2.75) is 100 Å². The molecule has 2 fully saturated rings. The second-order valence-electron chi connectivity index (χ2n) is 20.1. The lowest BCUT2D eigenvalue weighted by Gasteiger charge is -2.28. The molecule has 7 heteroatoms. The molecule has 0 unspecified atom stereocenters. The van der Waals surface area contributed by atoms with Crippen LogP contribution in [-0.4, -0.2) is 156 Å². The van der Waals surface area contributed by atoms with E-state index in [1.807, 2.05) is 0 Å². The van der Waals surface area contributed by atoms with Crippen LogP contribution in [0.4, 0.5) is 0 Å². The van der Waals surface area contributed by atoms with Crippen LogP contribution in [0.25, 0.3) is 0 Å². The Bertz CT molecular complexity index is 1680. The number of aryl methyl sites for hydroxylation is 4. The summed E-state index contributed by atoms with van der Waals surface area (Å²) in [4.78, 5) is 16.5. The highest BCUT2D eigenvalue weighted by atomic mass is 15.2. The molecule has 2 saturated heterocycles. The summed E-state index contributed by atoms with van der Waals surface area (Å²) in [6.45, 7) is 32.1. The molecule has 0 aliphatic carbocycles. The molecule has 0 spiro atoms. The fraction of sp³-hybridized carbons (Fsp3) is 0.607. The lowest BCUT2D eigenvalue weighted by Crippen LogP contribution is -2.42. The van der Waals surface area contributed by atoms with Gasteiger partial charge >= 0.3 is 0 Å². The molecule has 0 radical (unpaired) electrons. The Morgan fingerprint density at radius 2 is 0.714 bits per heavy atom. The second-order valence-corrected chi connectivity index (χ2v) is 20.1. The minimum atomic E-state index is 0.978. The summed E-state index contributed by atoms with van der Waals surface area (Å²) in [5.74, 6) is 0.978. The molecule has 0 N–H and O–H groups in total. The maximum absolute atomic E-state index is 2.40. The Labute approximate surface area is 388 Å². The molecule has 0 atom stereocenters. The summed E-state index contributed by atoms with van der Waals surface area (Å²) < 4.78 is 0. The molecular weight excluding hydrogens is 771 g/mol. The van der Waals surface area contributed by atoms with Crippen molar-refractivity contribution in [1.29, 1.82) is 0 Å². The van der Waals surface area contributed by atoms with Gasteiger partial charge in [0.25, 0.3) is 0 Å². The molecular formula is C56H93N7. The molecule has 0 amide bonds. The Morgan fingerprint density at radius 1 is 0.349 bits per heavy atom. The van der Waals surface area contributed by atoms with Crippen molar-refractivity contribution in [3.8, 4) is 0 Å². The van der Waals surface area contributed by atoms with Crippen molar-refractivity contribution >= 4 is 0 Å². The van der Waals surface area contributed by atoms with E-state index in [0.717, 1.165) is 38.6 Å². The van der Waals surface area contributed by atoms with E-state index in [1.54, 1.807) is 16.7 Å². The van der Waals surface area contributed by atoms with Crippen LogP contribution in [0.5, 0.6) is 0 Å². The molecule has 63 heavy (non-hydrogen) atoms. The van der Waals surface area contributed by atoms with Crippen LogP contribution < -0.4 is 0 Å². The highest BCUT2D eigenvalue weighted by Crippen LogP contribution is 2.22. The van der Waals surface area contributed by atoms with Crippen molar-refractivity contribution in [3.63, 3.8) is 0 Å². The van der Waals surface area contributed by atoms with Gasteiger partial charge in [-0.05, 0) is 164 Å². The maximum atomic E-state index is 2.40. The van der Waals surface area contributed by atoms with Crippen LogP contribution >= 0.6 is 0 Å². The van der Waals surface area contributed by atoms with Crippen molar-refractivity contribution in [2.24, 2.45) is 5.92 Å². The van der Waals surface area contributed by atoms with Crippen molar-refractivity contribution in [2.75, 3.05) is 121 Å². The molecule has 3 aromatic carbocycles. The summed E-state index contributed by atoms with van der Waals surface area (Å²) in [5.41, 5.74) is 14.6. The molecule has 6 aliphatic heterocycles. The minimum Gasteiger partial charge on any atom is -0.306 e. The van der Waals surface area contributed by atoms with Crippen molar-refractivity contribution in [1.82, 2.24) is 34.3 Å². The Kier molecular flexibility index (Phi) is 25.3. The number of hydrogen-bond donors (Lipinski definition) is 0. The molecule has 3 aromatic rings. The third kappa shape index (κ3) is 23.6. The summed E-state index contributed by atoms with van der Waals surface area (Å²) in [6, 6.07) is 22.0. The highest BCUT2D eigenvalue weighted by molar-refractivity contribution is 5.34. The summed E-state index contributed by atoms with van der Waals surface area (Å²) in [5, 5.41) is 0. The number of nitrogens with zero attached hydrogens (tertiary/aromatic N) is 7. The van der Waals surface area contributed by atoms with Crippen LogP contribution in [0.2, 0.25) is 0 Å². The van der Waals surface area contributed by atoms with Gasteiger partial charge in [0.1, 0.15) is 0 Å². The van der Waals surface area contributed by atoms with E-state index in [9.17, 15) is 0 Å². The van der Waals surface area contributed by atoms with Crippen LogP contribution in [0.15, 0.2) is 84.0 Å². The molecule has 352 valence electrons. The number of likely N-dealkylation sites (N-methyl/N-ethyl adjacent to an activating group) is 5. The molecule has 6 aliphatic rings. The van der Waals surface area contributed by atoms with E-state index >= 15 is 0 Å². The first-order valence-electron chi connectivity index (χ1n) is 24.3. The number of piperazine rings is 1. The zero-order valence-corrected chi connectivity index (χ0v) is 43.1. The number of rotatable bonds is 0. The fourth-order valence-electron chi connectivity index (χ4n) is 7.94. The third-order valence-corrected chi connectivity index (χ3v) is 13.0. The second kappa shape index (κ2) is 29.4. The predicted molar refractivity (Wildman–Crippen MR) is 276 cm³/mol. The highest BCUT2D eigenvalue weighted by Gasteiger charge is 2.15. The van der Waals surface area contributed by atoms with E-state index in [-0.39, 0.29) is 0 Å². The smallest absolute Gasteiger partial charge is 0.0237 e. The number of likely N-dealkylation sites (tertiary alicyclic amines) is 1. The first-order chi connectivity index (χ1) is 29.9. The molecule has 0 saturated carbocycles. The van der Waals surface area contributed by atoms with Crippen LogP contribution in [0.3, 0.4) is 0 Å². The van der Waals surface area contributed by atoms with Gasteiger partial charge in [0, 0.05) is 78.5 Å². The van der Waals surface area contributed by atoms with Gasteiger partial charge in [-0.15, -0.1) is 0 Å². The predicted octanol–water partition coefficient (Wildman–Crippen LogP) is 9.97. The average Bonchev–Trinajstić information content (AvgIpc) is 3.64. The Hall–Kier alpha value is -3.14. The molecule has 0 aromatic heterocycles. The average molecular weight is 864 g/mol. The molecule has 0 bridgehead atoms. The van der Waals surface area contributed by atoms with Gasteiger partial charge in [0.15, 0.2) is 0 Å². The van der Waals surface area contributed by atoms with E-state index < -0.39 is 0 Å². The SMILES string of the molecule is CC1=CCN(C)CC1.CC1=CCN(C)CC1.CC1CCN(C)CC1.CN1CCN(C)CC1.Cc1ccc(C)cc1.Cc1ccc2c(c1)CCN(C)C2.Cc1ccc2c(c1)CN(C)C2. The number of hydrogen-bond acceptors (Lipinski definition) is 7. The van der Waals surface area contributed by atoms with Crippen LogP contribution in [0.1, 0.15) is 91.0 Å². The van der Waals surface area contributed by atoms with Gasteiger partial charge in [0.2, 0.25) is 0 Å². The minimum absolute atomic E-state index is 0.978. The van der Waals surface area contributed by atoms with Crippen LogP contribution in [-0.2, 0) is 26.1 Å². The molecule has 9 rings (SSSR count). The maximum Gasteiger partial charge on any atom is 0.0237 e. The number of fused-ring (bicyclic) bond motifs is 2. The first kappa shape index (κ1) is 54.2. The van der Waals surface area contributed by atoms with Gasteiger partial charge in [-0.2, -0.15) is 0 Å². The van der Waals surface area contributed by atoms with E-state index in [2.05, 4.69) is 205 Å². The fourth-order valence-corrected chi connectivity index (χ4v) is 7.94. The number of piperidine rings is 1. The topological polar surface area (TPSA) is 22.7 Å². The molecule has 6 heterocycles. The molecule has 7 nitrogen and oxygen atoms in total.